The molecule has 6 rings (SSSR count). The average Bonchev–Trinajstić information content (AvgIpc) is 3.46. The lowest BCUT2D eigenvalue weighted by Crippen LogP contribution is -2.35. The zero-order chi connectivity index (χ0) is 28.0. The largest absolute Gasteiger partial charge is 0.496 e. The van der Waals surface area contributed by atoms with Crippen LogP contribution in [0.1, 0.15) is 45.5 Å². The second-order valence-electron chi connectivity index (χ2n) is 10.6. The van der Waals surface area contributed by atoms with Crippen molar-refractivity contribution < 1.29 is 23.8 Å². The fraction of sp³-hybridized carbons (Fsp3) is 0.355. The van der Waals surface area contributed by atoms with E-state index in [0.29, 0.717) is 72.3 Å². The van der Waals surface area contributed by atoms with Gasteiger partial charge in [-0.3, -0.25) is 19.6 Å². The van der Waals surface area contributed by atoms with Crippen LogP contribution in [0.3, 0.4) is 0 Å². The van der Waals surface area contributed by atoms with E-state index in [4.69, 9.17) is 14.2 Å². The smallest absolute Gasteiger partial charge is 0.257 e. The monoisotopic (exact) mass is 540 g/mol. The summed E-state index contributed by atoms with van der Waals surface area (Å²) in [6, 6.07) is 7.07. The molecule has 9 heteroatoms. The number of hydrogen-bond acceptors (Lipinski definition) is 7. The number of hydrogen-bond donors (Lipinski definition) is 0. The molecule has 4 aliphatic rings. The molecule has 2 saturated heterocycles. The number of carbonyl (C=O) groups excluding carboxylic acids is 2. The molecule has 0 unspecified atom stereocenters. The van der Waals surface area contributed by atoms with Crippen LogP contribution >= 0.6 is 0 Å². The van der Waals surface area contributed by atoms with Crippen LogP contribution in [-0.2, 0) is 6.42 Å². The third-order valence-corrected chi connectivity index (χ3v) is 7.87. The highest BCUT2D eigenvalue weighted by atomic mass is 16.5. The maximum Gasteiger partial charge on any atom is 0.257 e. The minimum absolute atomic E-state index is 0.0499. The molecule has 9 nitrogen and oxygen atoms in total. The molecule has 0 radical (unpaired) electrons. The SMILES string of the molecule is C=C1C[C@H]2C=Nc3cc(CCCOc4cc5c(cc4OC)C(=O)N4CC(=C)C[C@H]4C=N5)c(OC)cc3C(=O)N2C1. The van der Waals surface area contributed by atoms with Gasteiger partial charge in [0.05, 0.1) is 55.4 Å². The highest BCUT2D eigenvalue weighted by molar-refractivity contribution is 6.04. The van der Waals surface area contributed by atoms with E-state index in [0.717, 1.165) is 29.6 Å². The van der Waals surface area contributed by atoms with Crippen LogP contribution in [0.5, 0.6) is 17.2 Å². The van der Waals surface area contributed by atoms with Crippen LogP contribution in [0.2, 0.25) is 0 Å². The lowest BCUT2D eigenvalue weighted by atomic mass is 10.0. The van der Waals surface area contributed by atoms with Crippen molar-refractivity contribution in [1.82, 2.24) is 9.80 Å². The molecule has 2 aromatic rings. The first-order chi connectivity index (χ1) is 19.4. The molecule has 0 bridgehead atoms. The first kappa shape index (κ1) is 25.9. The van der Waals surface area contributed by atoms with Gasteiger partial charge in [0.25, 0.3) is 11.8 Å². The van der Waals surface area contributed by atoms with E-state index in [-0.39, 0.29) is 23.9 Å². The summed E-state index contributed by atoms with van der Waals surface area (Å²) in [7, 11) is 3.16. The fourth-order valence-corrected chi connectivity index (χ4v) is 5.83. The summed E-state index contributed by atoms with van der Waals surface area (Å²) in [6.07, 6.45) is 6.47. The van der Waals surface area contributed by atoms with E-state index in [2.05, 4.69) is 23.1 Å². The van der Waals surface area contributed by atoms with Gasteiger partial charge in [0.1, 0.15) is 5.75 Å². The number of benzene rings is 2. The van der Waals surface area contributed by atoms with Crippen LogP contribution in [0.15, 0.2) is 58.6 Å². The van der Waals surface area contributed by atoms with E-state index in [9.17, 15) is 9.59 Å². The summed E-state index contributed by atoms with van der Waals surface area (Å²) in [4.78, 5) is 39.3. The quantitative estimate of drug-likeness (QED) is 0.375. The average molecular weight is 541 g/mol. The number of rotatable bonds is 7. The maximum absolute atomic E-state index is 13.2. The van der Waals surface area contributed by atoms with Gasteiger partial charge in [0.2, 0.25) is 0 Å². The zero-order valence-corrected chi connectivity index (χ0v) is 22.8. The van der Waals surface area contributed by atoms with Crippen LogP contribution in [0.4, 0.5) is 11.4 Å². The van der Waals surface area contributed by atoms with Gasteiger partial charge < -0.3 is 24.0 Å². The van der Waals surface area contributed by atoms with Gasteiger partial charge in [-0.15, -0.1) is 0 Å². The second kappa shape index (κ2) is 10.3. The predicted molar refractivity (Wildman–Crippen MR) is 153 cm³/mol. The van der Waals surface area contributed by atoms with E-state index >= 15 is 0 Å². The lowest BCUT2D eigenvalue weighted by molar-refractivity contribution is 0.0770. The van der Waals surface area contributed by atoms with Crippen molar-refractivity contribution in [3.8, 4) is 17.2 Å². The molecule has 2 atom stereocenters. The Bertz CT molecular complexity index is 1380. The molecule has 0 spiro atoms. The fourth-order valence-electron chi connectivity index (χ4n) is 5.83. The normalized spacial score (nSPS) is 21.1. The number of nitrogens with zero attached hydrogens (tertiary/aromatic N) is 4. The van der Waals surface area contributed by atoms with Crippen LogP contribution in [0.25, 0.3) is 0 Å². The Hall–Kier alpha value is -4.40. The lowest BCUT2D eigenvalue weighted by Gasteiger charge is -2.20. The number of ether oxygens (including phenoxy) is 3. The first-order valence-corrected chi connectivity index (χ1v) is 13.5. The predicted octanol–water partition coefficient (Wildman–Crippen LogP) is 4.69. The number of aryl methyl sites for hydroxylation is 1. The highest BCUT2D eigenvalue weighted by Gasteiger charge is 2.35. The molecular formula is C31H32N4O5. The first-order valence-electron chi connectivity index (χ1n) is 13.5. The third-order valence-electron chi connectivity index (χ3n) is 7.87. The number of fused-ring (bicyclic) bond motifs is 4. The second-order valence-corrected chi connectivity index (χ2v) is 10.6. The van der Waals surface area contributed by atoms with Gasteiger partial charge in [0, 0.05) is 31.6 Å². The summed E-state index contributed by atoms with van der Waals surface area (Å²) in [5.41, 5.74) is 5.27. The molecule has 0 aliphatic carbocycles. The van der Waals surface area contributed by atoms with Gasteiger partial charge in [-0.25, -0.2) is 0 Å². The minimum atomic E-state index is -0.0807. The van der Waals surface area contributed by atoms with E-state index in [1.165, 1.54) is 0 Å². The summed E-state index contributed by atoms with van der Waals surface area (Å²) in [6.45, 7) is 9.56. The molecule has 0 saturated carbocycles. The summed E-state index contributed by atoms with van der Waals surface area (Å²) in [5, 5.41) is 0. The van der Waals surface area contributed by atoms with E-state index < -0.39 is 0 Å². The summed E-state index contributed by atoms with van der Waals surface area (Å²) < 4.78 is 17.3. The number of carbonyl (C=O) groups is 2. The van der Waals surface area contributed by atoms with Crippen molar-refractivity contribution in [3.05, 3.63) is 65.3 Å². The molecule has 40 heavy (non-hydrogen) atoms. The molecule has 4 aliphatic heterocycles. The standard InChI is InChI=1S/C31H32N4O5/c1-18-8-21-14-32-25-10-20(27(38-3)11-23(25)30(36)34(21)16-18)6-5-7-40-29-13-26-24(12-28(29)39-4)31(37)35-17-19(2)9-22(35)15-33-26/h10-15,21-22H,1-2,5-9,16-17H2,3-4H3/t21-,22-/m0/s1. The number of methoxy groups -OCH3 is 2. The molecule has 0 N–H and O–H groups in total. The minimum Gasteiger partial charge on any atom is -0.496 e. The van der Waals surface area contributed by atoms with Crippen molar-refractivity contribution in [2.24, 2.45) is 9.98 Å². The third kappa shape index (κ3) is 4.55. The van der Waals surface area contributed by atoms with Gasteiger partial charge in [-0.2, -0.15) is 0 Å². The molecular weight excluding hydrogens is 508 g/mol. The van der Waals surface area contributed by atoms with Crippen molar-refractivity contribution in [3.63, 3.8) is 0 Å². The van der Waals surface area contributed by atoms with Gasteiger partial charge >= 0.3 is 0 Å². The Balaban J connectivity index is 1.16. The Morgan fingerprint density at radius 3 is 1.93 bits per heavy atom. The van der Waals surface area contributed by atoms with Gasteiger partial charge in [-0.05, 0) is 49.4 Å². The Morgan fingerprint density at radius 1 is 0.800 bits per heavy atom. The van der Waals surface area contributed by atoms with E-state index in [1.807, 2.05) is 23.4 Å². The summed E-state index contributed by atoms with van der Waals surface area (Å²) >= 11 is 0. The highest BCUT2D eigenvalue weighted by Crippen LogP contribution is 2.39. The maximum atomic E-state index is 13.2. The van der Waals surface area contributed by atoms with Crippen molar-refractivity contribution >= 4 is 35.6 Å². The van der Waals surface area contributed by atoms with Crippen molar-refractivity contribution in [2.75, 3.05) is 33.9 Å². The Kier molecular flexibility index (Phi) is 6.65. The Labute approximate surface area is 233 Å². The molecule has 2 amide bonds. The molecule has 4 heterocycles. The topological polar surface area (TPSA) is 93.0 Å². The van der Waals surface area contributed by atoms with Gasteiger partial charge in [-0.1, -0.05) is 24.3 Å². The van der Waals surface area contributed by atoms with Crippen LogP contribution < -0.4 is 14.2 Å². The molecule has 0 aromatic heterocycles. The van der Waals surface area contributed by atoms with Crippen molar-refractivity contribution in [2.45, 2.75) is 37.8 Å². The molecule has 206 valence electrons. The Morgan fingerprint density at radius 2 is 1.35 bits per heavy atom. The molecule has 2 fully saturated rings. The van der Waals surface area contributed by atoms with Crippen molar-refractivity contribution in [1.29, 1.82) is 0 Å². The zero-order valence-electron chi connectivity index (χ0n) is 22.8. The van der Waals surface area contributed by atoms with Crippen LogP contribution in [-0.4, -0.2) is 80.0 Å². The van der Waals surface area contributed by atoms with E-state index in [1.54, 1.807) is 37.3 Å². The number of aliphatic imine (C=N–C) groups is 2. The van der Waals surface area contributed by atoms with Gasteiger partial charge in [0.15, 0.2) is 11.5 Å². The number of amides is 2. The summed E-state index contributed by atoms with van der Waals surface area (Å²) in [5.74, 6) is 1.54. The van der Waals surface area contributed by atoms with Crippen LogP contribution in [0, 0.1) is 0 Å². The molecule has 2 aromatic carbocycles.